The van der Waals surface area contributed by atoms with Crippen LogP contribution in [0.4, 0.5) is 0 Å². The van der Waals surface area contributed by atoms with Crippen molar-refractivity contribution in [1.29, 1.82) is 0 Å². The Kier molecular flexibility index (Phi) is 2.95. The number of sulfonamides is 1. The minimum absolute atomic E-state index is 0.131. The first-order valence-electron chi connectivity index (χ1n) is 6.32. The fraction of sp³-hybridized carbons (Fsp3) is 0.286. The van der Waals surface area contributed by atoms with E-state index in [2.05, 4.69) is 4.57 Å². The van der Waals surface area contributed by atoms with E-state index in [0.717, 1.165) is 5.69 Å². The largest absolute Gasteiger partial charge is 0.349 e. The molecule has 0 fully saturated rings. The predicted octanol–water partition coefficient (Wildman–Crippen LogP) is 2.25. The lowest BCUT2D eigenvalue weighted by Gasteiger charge is -2.33. The fourth-order valence-electron chi connectivity index (χ4n) is 2.61. The van der Waals surface area contributed by atoms with E-state index in [-0.39, 0.29) is 6.04 Å². The fourth-order valence-corrected chi connectivity index (χ4v) is 4.23. The highest BCUT2D eigenvalue weighted by Gasteiger charge is 2.33. The molecule has 5 heteroatoms. The Bertz CT molecular complexity index is 676. The first-order chi connectivity index (χ1) is 9.10. The van der Waals surface area contributed by atoms with E-state index in [1.165, 1.54) is 0 Å². The van der Waals surface area contributed by atoms with E-state index >= 15 is 0 Å². The average Bonchev–Trinajstić information content (AvgIpc) is 2.89. The van der Waals surface area contributed by atoms with E-state index < -0.39 is 10.0 Å². The number of benzene rings is 1. The van der Waals surface area contributed by atoms with E-state index in [0.29, 0.717) is 18.0 Å². The molecule has 2 heterocycles. The zero-order valence-corrected chi connectivity index (χ0v) is 11.5. The Morgan fingerprint density at radius 1 is 1.05 bits per heavy atom. The highest BCUT2D eigenvalue weighted by molar-refractivity contribution is 7.89. The normalized spacial score (nSPS) is 20.2. The van der Waals surface area contributed by atoms with Gasteiger partial charge in [-0.15, -0.1) is 0 Å². The second kappa shape index (κ2) is 4.51. The van der Waals surface area contributed by atoms with Gasteiger partial charge in [0.1, 0.15) is 0 Å². The quantitative estimate of drug-likeness (QED) is 0.844. The van der Waals surface area contributed by atoms with Crippen LogP contribution in [0.1, 0.15) is 18.7 Å². The van der Waals surface area contributed by atoms with E-state index in [1.54, 1.807) is 28.6 Å². The summed E-state index contributed by atoms with van der Waals surface area (Å²) in [6, 6.07) is 12.4. The second-order valence-electron chi connectivity index (χ2n) is 4.73. The molecule has 4 nitrogen and oxygen atoms in total. The molecule has 0 aliphatic carbocycles. The lowest BCUT2D eigenvalue weighted by atomic mass is 10.2. The lowest BCUT2D eigenvalue weighted by Crippen LogP contribution is -2.40. The van der Waals surface area contributed by atoms with Crippen molar-refractivity contribution in [3.63, 3.8) is 0 Å². The van der Waals surface area contributed by atoms with Gasteiger partial charge in [-0.25, -0.2) is 8.42 Å². The molecule has 1 atom stereocenters. The van der Waals surface area contributed by atoms with Gasteiger partial charge in [-0.2, -0.15) is 4.31 Å². The van der Waals surface area contributed by atoms with Crippen LogP contribution in [0.25, 0.3) is 0 Å². The van der Waals surface area contributed by atoms with E-state index in [4.69, 9.17) is 0 Å². The summed E-state index contributed by atoms with van der Waals surface area (Å²) in [5.41, 5.74) is 1.05. The third-order valence-electron chi connectivity index (χ3n) is 3.64. The predicted molar refractivity (Wildman–Crippen MR) is 73.2 cm³/mol. The van der Waals surface area contributed by atoms with E-state index in [9.17, 15) is 8.42 Å². The van der Waals surface area contributed by atoms with Crippen LogP contribution < -0.4 is 0 Å². The monoisotopic (exact) mass is 276 g/mol. The summed E-state index contributed by atoms with van der Waals surface area (Å²) in [5, 5.41) is 0. The summed E-state index contributed by atoms with van der Waals surface area (Å²) >= 11 is 0. The molecule has 1 aromatic heterocycles. The van der Waals surface area contributed by atoms with Crippen molar-refractivity contribution < 1.29 is 8.42 Å². The number of aromatic nitrogens is 1. The molecular weight excluding hydrogens is 260 g/mol. The maximum Gasteiger partial charge on any atom is 0.243 e. The molecule has 0 bridgehead atoms. The molecule has 0 saturated carbocycles. The van der Waals surface area contributed by atoms with Gasteiger partial charge in [0, 0.05) is 25.0 Å². The van der Waals surface area contributed by atoms with E-state index in [1.807, 2.05) is 31.3 Å². The zero-order valence-electron chi connectivity index (χ0n) is 10.7. The molecule has 2 aromatic rings. The number of rotatable bonds is 2. The van der Waals surface area contributed by atoms with Gasteiger partial charge in [-0.1, -0.05) is 18.2 Å². The molecule has 1 aromatic carbocycles. The maximum atomic E-state index is 12.6. The third-order valence-corrected chi connectivity index (χ3v) is 5.62. The van der Waals surface area contributed by atoms with Gasteiger partial charge in [0.2, 0.25) is 10.0 Å². The van der Waals surface area contributed by atoms with Gasteiger partial charge >= 0.3 is 0 Å². The van der Waals surface area contributed by atoms with Crippen LogP contribution >= 0.6 is 0 Å². The minimum atomic E-state index is -3.41. The SMILES string of the molecule is C[C@@H]1c2cccn2CCN1S(=O)(=O)c1ccccc1. The topological polar surface area (TPSA) is 42.3 Å². The minimum Gasteiger partial charge on any atom is -0.349 e. The van der Waals surface area contributed by atoms with Crippen molar-refractivity contribution in [2.75, 3.05) is 6.54 Å². The molecule has 0 unspecified atom stereocenters. The Labute approximate surface area is 113 Å². The third kappa shape index (κ3) is 1.99. The average molecular weight is 276 g/mol. The highest BCUT2D eigenvalue weighted by atomic mass is 32.2. The van der Waals surface area contributed by atoms with Gasteiger partial charge in [0.15, 0.2) is 0 Å². The van der Waals surface area contributed by atoms with Crippen molar-refractivity contribution >= 4 is 10.0 Å². The van der Waals surface area contributed by atoms with Crippen LogP contribution in [0.2, 0.25) is 0 Å². The number of hydrogen-bond donors (Lipinski definition) is 0. The highest BCUT2D eigenvalue weighted by Crippen LogP contribution is 2.30. The summed E-state index contributed by atoms with van der Waals surface area (Å²) < 4.78 is 29.0. The standard InChI is InChI=1S/C14H16N2O2S/c1-12-14-8-5-9-15(14)10-11-16(12)19(17,18)13-6-3-2-4-7-13/h2-9,12H,10-11H2,1H3/t12-/m1/s1. The summed E-state index contributed by atoms with van der Waals surface area (Å²) in [6.07, 6.45) is 2.00. The van der Waals surface area contributed by atoms with Gasteiger partial charge < -0.3 is 4.57 Å². The Hall–Kier alpha value is -1.59. The van der Waals surface area contributed by atoms with Gasteiger partial charge in [-0.3, -0.25) is 0 Å². The Morgan fingerprint density at radius 3 is 2.53 bits per heavy atom. The molecule has 100 valence electrons. The first-order valence-corrected chi connectivity index (χ1v) is 7.76. The number of fused-ring (bicyclic) bond motifs is 1. The van der Waals surface area contributed by atoms with Crippen LogP contribution in [-0.2, 0) is 16.6 Å². The molecule has 3 rings (SSSR count). The molecule has 19 heavy (non-hydrogen) atoms. The molecule has 1 aliphatic heterocycles. The van der Waals surface area contributed by atoms with Crippen LogP contribution in [-0.4, -0.2) is 23.8 Å². The summed E-state index contributed by atoms with van der Waals surface area (Å²) in [4.78, 5) is 0.363. The van der Waals surface area contributed by atoms with Crippen LogP contribution in [0, 0.1) is 0 Å². The molecule has 1 aliphatic rings. The summed E-state index contributed by atoms with van der Waals surface area (Å²) in [7, 11) is -3.41. The molecule has 0 radical (unpaired) electrons. The maximum absolute atomic E-state index is 12.6. The van der Waals surface area contributed by atoms with Gasteiger partial charge in [-0.05, 0) is 31.2 Å². The van der Waals surface area contributed by atoms with Crippen LogP contribution in [0.5, 0.6) is 0 Å². The number of hydrogen-bond acceptors (Lipinski definition) is 2. The van der Waals surface area contributed by atoms with Gasteiger partial charge in [0.25, 0.3) is 0 Å². The van der Waals surface area contributed by atoms with Crippen LogP contribution in [0.3, 0.4) is 0 Å². The molecule has 0 amide bonds. The molecule has 0 saturated heterocycles. The molecule has 0 spiro atoms. The summed E-state index contributed by atoms with van der Waals surface area (Å²) in [6.45, 7) is 3.16. The molecular formula is C14H16N2O2S. The molecule has 0 N–H and O–H groups in total. The zero-order chi connectivity index (χ0) is 13.5. The smallest absolute Gasteiger partial charge is 0.243 e. The van der Waals surface area contributed by atoms with Crippen molar-refractivity contribution in [3.05, 3.63) is 54.4 Å². The summed E-state index contributed by atoms with van der Waals surface area (Å²) in [5.74, 6) is 0. The van der Waals surface area contributed by atoms with Crippen molar-refractivity contribution in [2.24, 2.45) is 0 Å². The van der Waals surface area contributed by atoms with Gasteiger partial charge in [0.05, 0.1) is 10.9 Å². The lowest BCUT2D eigenvalue weighted by molar-refractivity contribution is 0.282. The van der Waals surface area contributed by atoms with Crippen LogP contribution in [0.15, 0.2) is 53.6 Å². The second-order valence-corrected chi connectivity index (χ2v) is 6.62. The Morgan fingerprint density at radius 2 is 1.79 bits per heavy atom. The van der Waals surface area contributed by atoms with Crippen molar-refractivity contribution in [1.82, 2.24) is 8.87 Å². The van der Waals surface area contributed by atoms with Crippen molar-refractivity contribution in [2.45, 2.75) is 24.4 Å². The van der Waals surface area contributed by atoms with Crippen molar-refractivity contribution in [3.8, 4) is 0 Å². The first kappa shape index (κ1) is 12.4. The Balaban J connectivity index is 2.00. The number of nitrogens with zero attached hydrogens (tertiary/aromatic N) is 2.